The number of hydrogen-bond acceptors (Lipinski definition) is 4. The van der Waals surface area contributed by atoms with Crippen LogP contribution in [0.5, 0.6) is 0 Å². The minimum absolute atomic E-state index is 0.605. The first-order valence-corrected chi connectivity index (χ1v) is 10.7. The van der Waals surface area contributed by atoms with Gasteiger partial charge in [0, 0.05) is 29.8 Å². The lowest BCUT2D eigenvalue weighted by Crippen LogP contribution is -1.99. The van der Waals surface area contributed by atoms with Gasteiger partial charge < -0.3 is 4.40 Å². The van der Waals surface area contributed by atoms with Crippen molar-refractivity contribution in [3.05, 3.63) is 89.4 Å². The molecule has 5 aromatic rings. The molecule has 1 aliphatic carbocycles. The number of aromatic nitrogens is 6. The van der Waals surface area contributed by atoms with Crippen LogP contribution in [0.15, 0.2) is 66.9 Å². The van der Waals surface area contributed by atoms with E-state index in [9.17, 15) is 0 Å². The lowest BCUT2D eigenvalue weighted by molar-refractivity contribution is 0.881. The van der Waals surface area contributed by atoms with Crippen LogP contribution in [0.25, 0.3) is 28.2 Å². The van der Waals surface area contributed by atoms with E-state index >= 15 is 0 Å². The van der Waals surface area contributed by atoms with E-state index in [1.165, 1.54) is 35.4 Å². The Balaban J connectivity index is 1.32. The third-order valence-corrected chi connectivity index (χ3v) is 6.07. The molecule has 0 atom stereocenters. The summed E-state index contributed by atoms with van der Waals surface area (Å²) in [7, 11) is 0. The first-order valence-electron chi connectivity index (χ1n) is 10.7. The molecule has 1 saturated carbocycles. The fraction of sp³-hybridized carbons (Fsp3) is 0.200. The fourth-order valence-corrected chi connectivity index (χ4v) is 4.21. The number of imidazole rings is 1. The monoisotopic (exact) mass is 406 g/mol. The first kappa shape index (κ1) is 18.0. The Labute approximate surface area is 180 Å². The van der Waals surface area contributed by atoms with Gasteiger partial charge in [0.2, 0.25) is 5.82 Å². The molecule has 0 spiro atoms. The molecule has 3 aromatic heterocycles. The predicted octanol–water partition coefficient (Wildman–Crippen LogP) is 4.96. The number of aromatic amines is 1. The van der Waals surface area contributed by atoms with Crippen molar-refractivity contribution in [2.45, 2.75) is 32.1 Å². The summed E-state index contributed by atoms with van der Waals surface area (Å²) in [6.45, 7) is 2.14. The Morgan fingerprint density at radius 2 is 1.77 bits per heavy atom. The highest BCUT2D eigenvalue weighted by atomic mass is 15.5. The van der Waals surface area contributed by atoms with Gasteiger partial charge >= 0.3 is 0 Å². The van der Waals surface area contributed by atoms with Gasteiger partial charge in [-0.15, -0.1) is 10.2 Å². The van der Waals surface area contributed by atoms with E-state index < -0.39 is 0 Å². The van der Waals surface area contributed by atoms with Crippen LogP contribution in [-0.4, -0.2) is 30.0 Å². The molecular weight excluding hydrogens is 384 g/mol. The van der Waals surface area contributed by atoms with Crippen molar-refractivity contribution in [2.24, 2.45) is 0 Å². The van der Waals surface area contributed by atoms with E-state index in [0.29, 0.717) is 11.7 Å². The maximum Gasteiger partial charge on any atom is 0.205 e. The number of H-pyrrole nitrogens is 1. The molecule has 0 saturated heterocycles. The highest BCUT2D eigenvalue weighted by Gasteiger charge is 2.26. The Morgan fingerprint density at radius 3 is 2.52 bits per heavy atom. The maximum atomic E-state index is 4.91. The zero-order valence-corrected chi connectivity index (χ0v) is 17.3. The van der Waals surface area contributed by atoms with E-state index in [1.54, 1.807) is 0 Å². The van der Waals surface area contributed by atoms with Crippen LogP contribution in [0.1, 0.15) is 41.3 Å². The van der Waals surface area contributed by atoms with Crippen LogP contribution >= 0.6 is 0 Å². The van der Waals surface area contributed by atoms with Crippen molar-refractivity contribution in [3.63, 3.8) is 0 Å². The van der Waals surface area contributed by atoms with Crippen molar-refractivity contribution >= 4 is 5.65 Å². The van der Waals surface area contributed by atoms with Crippen LogP contribution in [0.2, 0.25) is 0 Å². The Bertz CT molecular complexity index is 1360. The topological polar surface area (TPSA) is 71.8 Å². The van der Waals surface area contributed by atoms with E-state index in [1.807, 2.05) is 18.2 Å². The Kier molecular flexibility index (Phi) is 4.16. The fourth-order valence-electron chi connectivity index (χ4n) is 4.21. The van der Waals surface area contributed by atoms with Crippen molar-refractivity contribution in [2.75, 3.05) is 0 Å². The van der Waals surface area contributed by atoms with Gasteiger partial charge in [-0.2, -0.15) is 5.21 Å². The second kappa shape index (κ2) is 7.16. The molecule has 3 heterocycles. The smallest absolute Gasteiger partial charge is 0.205 e. The van der Waals surface area contributed by atoms with Crippen LogP contribution in [0.3, 0.4) is 0 Å². The summed E-state index contributed by atoms with van der Waals surface area (Å²) < 4.78 is 2.28. The van der Waals surface area contributed by atoms with E-state index in [0.717, 1.165) is 28.8 Å². The van der Waals surface area contributed by atoms with Crippen molar-refractivity contribution in [1.82, 2.24) is 30.0 Å². The largest absolute Gasteiger partial charge is 0.303 e. The van der Waals surface area contributed by atoms with Gasteiger partial charge in [0.05, 0.1) is 5.69 Å². The molecule has 0 bridgehead atoms. The van der Waals surface area contributed by atoms with Crippen molar-refractivity contribution in [3.8, 4) is 22.5 Å². The molecule has 6 rings (SSSR count). The quantitative estimate of drug-likeness (QED) is 0.448. The summed E-state index contributed by atoms with van der Waals surface area (Å²) in [4.78, 5) is 4.91. The average Bonchev–Trinajstić information content (AvgIpc) is 3.32. The van der Waals surface area contributed by atoms with Gasteiger partial charge in [0.25, 0.3) is 0 Å². The van der Waals surface area contributed by atoms with Crippen LogP contribution in [0, 0.1) is 6.92 Å². The van der Waals surface area contributed by atoms with Gasteiger partial charge in [-0.1, -0.05) is 54.6 Å². The molecule has 0 radical (unpaired) electrons. The minimum atomic E-state index is 0.605. The standard InChI is InChI=1S/C25H22N6/c1-16-6-13-20(31-15-23(19-11-12-19)26-25(16)31)14-17-7-9-18(10-8-17)21-4-2-3-5-22(21)24-27-29-30-28-24/h2-10,13,15,19H,11-12,14H2,1H3,(H,27,28,29,30). The van der Waals surface area contributed by atoms with Gasteiger partial charge in [0.15, 0.2) is 0 Å². The second-order valence-electron chi connectivity index (χ2n) is 8.30. The summed E-state index contributed by atoms with van der Waals surface area (Å²) >= 11 is 0. The predicted molar refractivity (Wildman–Crippen MR) is 120 cm³/mol. The molecule has 0 amide bonds. The number of tetrazole rings is 1. The summed E-state index contributed by atoms with van der Waals surface area (Å²) in [6.07, 6.45) is 5.64. The summed E-state index contributed by atoms with van der Waals surface area (Å²) in [6, 6.07) is 21.3. The molecule has 0 aliphatic heterocycles. The zero-order valence-electron chi connectivity index (χ0n) is 17.3. The Morgan fingerprint density at radius 1 is 0.968 bits per heavy atom. The molecule has 31 heavy (non-hydrogen) atoms. The lowest BCUT2D eigenvalue weighted by atomic mass is 9.97. The number of fused-ring (bicyclic) bond motifs is 1. The number of benzene rings is 2. The SMILES string of the molecule is Cc1ccc(Cc2ccc(-c3ccccc3-c3nn[nH]n3)cc2)n2cc(C3CC3)nc12. The number of rotatable bonds is 5. The molecule has 0 unspecified atom stereocenters. The van der Waals surface area contributed by atoms with Crippen LogP contribution in [-0.2, 0) is 6.42 Å². The molecule has 2 aromatic carbocycles. The number of aryl methyl sites for hydroxylation is 1. The molecule has 6 nitrogen and oxygen atoms in total. The summed E-state index contributed by atoms with van der Waals surface area (Å²) in [5.41, 5.74) is 9.29. The lowest BCUT2D eigenvalue weighted by Gasteiger charge is -2.10. The molecule has 1 fully saturated rings. The third-order valence-electron chi connectivity index (χ3n) is 6.07. The van der Waals surface area contributed by atoms with E-state index in [-0.39, 0.29) is 0 Å². The summed E-state index contributed by atoms with van der Waals surface area (Å²) in [5.74, 6) is 1.26. The minimum Gasteiger partial charge on any atom is -0.303 e. The molecular formula is C25H22N6. The van der Waals surface area contributed by atoms with Crippen LogP contribution < -0.4 is 0 Å². The Hall–Kier alpha value is -3.80. The summed E-state index contributed by atoms with van der Waals surface area (Å²) in [5, 5.41) is 14.5. The highest BCUT2D eigenvalue weighted by Crippen LogP contribution is 2.39. The van der Waals surface area contributed by atoms with Gasteiger partial charge in [-0.3, -0.25) is 0 Å². The number of nitrogens with one attached hydrogen (secondary N) is 1. The molecule has 1 aliphatic rings. The number of hydrogen-bond donors (Lipinski definition) is 1. The first-order chi connectivity index (χ1) is 15.3. The molecule has 152 valence electrons. The van der Waals surface area contributed by atoms with Crippen LogP contribution in [0.4, 0.5) is 0 Å². The van der Waals surface area contributed by atoms with E-state index in [4.69, 9.17) is 4.98 Å². The van der Waals surface area contributed by atoms with E-state index in [2.05, 4.69) is 80.6 Å². The average molecular weight is 406 g/mol. The van der Waals surface area contributed by atoms with Gasteiger partial charge in [-0.25, -0.2) is 4.98 Å². The maximum absolute atomic E-state index is 4.91. The molecule has 6 heteroatoms. The molecule has 1 N–H and O–H groups in total. The normalized spacial score (nSPS) is 13.7. The highest BCUT2D eigenvalue weighted by molar-refractivity contribution is 5.80. The number of nitrogens with zero attached hydrogens (tertiary/aromatic N) is 5. The number of pyridine rings is 1. The van der Waals surface area contributed by atoms with Gasteiger partial charge in [0.1, 0.15) is 5.65 Å². The third kappa shape index (κ3) is 3.30. The zero-order chi connectivity index (χ0) is 20.8. The van der Waals surface area contributed by atoms with Gasteiger partial charge in [-0.05, 0) is 53.3 Å². The van der Waals surface area contributed by atoms with Crippen molar-refractivity contribution in [1.29, 1.82) is 0 Å². The van der Waals surface area contributed by atoms with Crippen molar-refractivity contribution < 1.29 is 0 Å². The second-order valence-corrected chi connectivity index (χ2v) is 8.30.